The van der Waals surface area contributed by atoms with E-state index < -0.39 is 5.97 Å². The lowest BCUT2D eigenvalue weighted by Crippen LogP contribution is -2.33. The van der Waals surface area contributed by atoms with E-state index in [4.69, 9.17) is 4.74 Å². The molecule has 0 spiro atoms. The number of anilines is 4. The second-order valence-electron chi connectivity index (χ2n) is 9.56. The van der Waals surface area contributed by atoms with Crippen molar-refractivity contribution in [2.75, 3.05) is 37.4 Å². The van der Waals surface area contributed by atoms with Gasteiger partial charge >= 0.3 is 5.97 Å². The molecule has 0 bridgehead atoms. The molecule has 3 aromatic heterocycles. The number of nitrogens with one attached hydrogen (secondary N) is 3. The number of methoxy groups -OCH3 is 1. The molecule has 4 N–H and O–H groups in total. The summed E-state index contributed by atoms with van der Waals surface area (Å²) in [7, 11) is 1.70. The van der Waals surface area contributed by atoms with Gasteiger partial charge in [0.05, 0.1) is 42.1 Å². The first-order chi connectivity index (χ1) is 17.9. The first kappa shape index (κ1) is 25.1. The van der Waals surface area contributed by atoms with E-state index in [1.165, 1.54) is 42.7 Å². The molecule has 0 saturated carbocycles. The average Bonchev–Trinajstić information content (AvgIpc) is 3.48. The van der Waals surface area contributed by atoms with Crippen LogP contribution in [0.3, 0.4) is 0 Å². The Morgan fingerprint density at radius 1 is 1.16 bits per heavy atom. The third-order valence-electron chi connectivity index (χ3n) is 6.96. The Labute approximate surface area is 220 Å². The first-order valence-electron chi connectivity index (χ1n) is 12.7. The lowest BCUT2D eigenvalue weighted by molar-refractivity contribution is 0.0703. The number of rotatable bonds is 9. The van der Waals surface area contributed by atoms with Gasteiger partial charge in [-0.3, -0.25) is 4.98 Å². The van der Waals surface area contributed by atoms with E-state index in [0.717, 1.165) is 51.8 Å². The van der Waals surface area contributed by atoms with Crippen LogP contribution in [0.1, 0.15) is 52.2 Å². The fraction of sp³-hybridized carbons (Fsp3) is 0.357. The molecule has 1 fully saturated rings. The molecule has 1 aliphatic heterocycles. The Kier molecular flexibility index (Phi) is 7.34. The zero-order chi connectivity index (χ0) is 25.9. The molecule has 1 aromatic carbocycles. The highest BCUT2D eigenvalue weighted by Gasteiger charge is 2.21. The van der Waals surface area contributed by atoms with E-state index in [0.29, 0.717) is 11.6 Å². The second kappa shape index (κ2) is 10.8. The summed E-state index contributed by atoms with van der Waals surface area (Å²) in [5.74, 6) is 1.22. The molecular formula is C28H33N5O3S. The van der Waals surface area contributed by atoms with Crippen LogP contribution in [-0.2, 0) is 0 Å². The molecule has 1 saturated heterocycles. The minimum absolute atomic E-state index is 0.282. The number of H-pyrrole nitrogens is 1. The zero-order valence-corrected chi connectivity index (χ0v) is 22.2. The highest BCUT2D eigenvalue weighted by atomic mass is 32.1. The maximum atomic E-state index is 11.6. The average molecular weight is 520 g/mol. The van der Waals surface area contributed by atoms with Crippen LogP contribution in [0.15, 0.2) is 42.7 Å². The fourth-order valence-corrected chi connectivity index (χ4v) is 5.95. The minimum atomic E-state index is -0.945. The second-order valence-corrected chi connectivity index (χ2v) is 10.8. The van der Waals surface area contributed by atoms with Gasteiger partial charge in [0.15, 0.2) is 0 Å². The van der Waals surface area contributed by atoms with Crippen LogP contribution < -0.4 is 15.4 Å². The smallest absolute Gasteiger partial charge is 0.348 e. The van der Waals surface area contributed by atoms with Crippen molar-refractivity contribution in [1.29, 1.82) is 0 Å². The molecular weight excluding hydrogens is 486 g/mol. The molecule has 0 unspecified atom stereocenters. The van der Waals surface area contributed by atoms with E-state index in [9.17, 15) is 9.90 Å². The van der Waals surface area contributed by atoms with Crippen LogP contribution in [0.2, 0.25) is 0 Å². The number of aromatic carboxylic acids is 1. The van der Waals surface area contributed by atoms with Crippen LogP contribution in [0.25, 0.3) is 10.9 Å². The third kappa shape index (κ3) is 5.42. The molecule has 0 radical (unpaired) electrons. The summed E-state index contributed by atoms with van der Waals surface area (Å²) in [5, 5.41) is 17.2. The Bertz CT molecular complexity index is 1400. The maximum Gasteiger partial charge on any atom is 0.348 e. The zero-order valence-electron chi connectivity index (χ0n) is 21.4. The first-order valence-corrected chi connectivity index (χ1v) is 13.5. The molecule has 0 amide bonds. The normalized spacial score (nSPS) is 14.7. The largest absolute Gasteiger partial charge is 0.495 e. The van der Waals surface area contributed by atoms with Gasteiger partial charge in [-0.25, -0.2) is 4.79 Å². The fourth-order valence-electron chi connectivity index (χ4n) is 5.15. The van der Waals surface area contributed by atoms with Crippen molar-refractivity contribution in [1.82, 2.24) is 14.9 Å². The van der Waals surface area contributed by atoms with Crippen LogP contribution in [-0.4, -0.2) is 52.7 Å². The molecule has 194 valence electrons. The van der Waals surface area contributed by atoms with Crippen molar-refractivity contribution in [3.05, 3.63) is 58.0 Å². The van der Waals surface area contributed by atoms with Gasteiger partial charge in [0, 0.05) is 10.3 Å². The maximum absolute atomic E-state index is 11.6. The Morgan fingerprint density at radius 3 is 2.70 bits per heavy atom. The molecule has 8 nitrogen and oxygen atoms in total. The van der Waals surface area contributed by atoms with Gasteiger partial charge in [0.25, 0.3) is 0 Å². The Balaban J connectivity index is 1.36. The number of nitrogens with zero attached hydrogens (tertiary/aromatic N) is 2. The van der Waals surface area contributed by atoms with E-state index >= 15 is 0 Å². The van der Waals surface area contributed by atoms with Gasteiger partial charge in [-0.2, -0.15) is 0 Å². The predicted molar refractivity (Wildman–Crippen MR) is 150 cm³/mol. The topological polar surface area (TPSA) is 103 Å². The van der Waals surface area contributed by atoms with Gasteiger partial charge in [0.2, 0.25) is 0 Å². The van der Waals surface area contributed by atoms with Crippen LogP contribution >= 0.6 is 11.3 Å². The van der Waals surface area contributed by atoms with Crippen LogP contribution in [0.5, 0.6) is 5.75 Å². The summed E-state index contributed by atoms with van der Waals surface area (Å²) in [6, 6.07) is 10.3. The number of carboxylic acid groups (broad SMARTS) is 1. The van der Waals surface area contributed by atoms with Gasteiger partial charge in [-0.05, 0) is 81.6 Å². The molecule has 9 heteroatoms. The number of benzene rings is 1. The Morgan fingerprint density at radius 2 is 1.97 bits per heavy atom. The van der Waals surface area contributed by atoms with Crippen LogP contribution in [0, 0.1) is 6.92 Å². The molecule has 37 heavy (non-hydrogen) atoms. The van der Waals surface area contributed by atoms with Gasteiger partial charge in [-0.15, -0.1) is 11.3 Å². The number of aromatic nitrogens is 2. The SMILES string of the molecule is CCCN1CCC(c2ccc(Nc3cc4c(Nc5cc(C)sc5C(=O)O)cncc4[nH]3)c(OC)c2)CC1. The van der Waals surface area contributed by atoms with Crippen molar-refractivity contribution < 1.29 is 14.6 Å². The van der Waals surface area contributed by atoms with E-state index in [1.54, 1.807) is 19.5 Å². The summed E-state index contributed by atoms with van der Waals surface area (Å²) in [6.07, 6.45) is 7.02. The number of pyridine rings is 1. The quantitative estimate of drug-likeness (QED) is 0.195. The molecule has 4 aromatic rings. The van der Waals surface area contributed by atoms with Gasteiger partial charge in [0.1, 0.15) is 16.4 Å². The van der Waals surface area contributed by atoms with E-state index in [2.05, 4.69) is 50.6 Å². The highest BCUT2D eigenvalue weighted by molar-refractivity contribution is 7.14. The van der Waals surface area contributed by atoms with Gasteiger partial charge < -0.3 is 30.4 Å². The molecule has 0 atom stereocenters. The number of hydrogen-bond donors (Lipinski definition) is 4. The predicted octanol–water partition coefficient (Wildman–Crippen LogP) is 6.72. The number of hydrogen-bond acceptors (Lipinski definition) is 7. The number of ether oxygens (including phenoxy) is 1. The monoisotopic (exact) mass is 519 g/mol. The van der Waals surface area contributed by atoms with Crippen LogP contribution in [0.4, 0.5) is 22.9 Å². The summed E-state index contributed by atoms with van der Waals surface area (Å²) in [4.78, 5) is 23.1. The minimum Gasteiger partial charge on any atom is -0.495 e. The van der Waals surface area contributed by atoms with E-state index in [-0.39, 0.29) is 4.88 Å². The summed E-state index contributed by atoms with van der Waals surface area (Å²) >= 11 is 1.25. The van der Waals surface area contributed by atoms with Gasteiger partial charge in [-0.1, -0.05) is 13.0 Å². The van der Waals surface area contributed by atoms with Crippen molar-refractivity contribution >= 4 is 51.1 Å². The molecule has 1 aliphatic rings. The number of carboxylic acids is 1. The number of piperidine rings is 1. The molecule has 5 rings (SSSR count). The number of fused-ring (bicyclic) bond motifs is 1. The highest BCUT2D eigenvalue weighted by Crippen LogP contribution is 2.37. The van der Waals surface area contributed by atoms with Crippen molar-refractivity contribution in [3.63, 3.8) is 0 Å². The number of carbonyl (C=O) groups is 1. The van der Waals surface area contributed by atoms with Crippen molar-refractivity contribution in [2.24, 2.45) is 0 Å². The Hall–Kier alpha value is -3.56. The number of aryl methyl sites for hydroxylation is 1. The number of thiophene rings is 1. The van der Waals surface area contributed by atoms with E-state index in [1.807, 2.05) is 19.1 Å². The lowest BCUT2D eigenvalue weighted by Gasteiger charge is -2.32. The number of likely N-dealkylation sites (tertiary alicyclic amines) is 1. The summed E-state index contributed by atoms with van der Waals surface area (Å²) in [6.45, 7) is 7.62. The van der Waals surface area contributed by atoms with Crippen molar-refractivity contribution in [3.8, 4) is 5.75 Å². The molecule has 0 aliphatic carbocycles. The van der Waals surface area contributed by atoms with Crippen molar-refractivity contribution in [2.45, 2.75) is 39.0 Å². The standard InChI is InChI=1S/C28H33N5O3S/c1-4-9-33-10-7-18(8-11-33)19-5-6-21(25(13-19)36-3)31-26-14-20-23(15-29-16-24(20)32-26)30-22-12-17(2)37-27(22)28(34)35/h5-6,12-16,18,30-32H,4,7-11H2,1-3H3,(H,34,35). The third-order valence-corrected chi connectivity index (χ3v) is 8.00. The summed E-state index contributed by atoms with van der Waals surface area (Å²) < 4.78 is 5.76. The lowest BCUT2D eigenvalue weighted by atomic mass is 9.89. The summed E-state index contributed by atoms with van der Waals surface area (Å²) in [5.41, 5.74) is 4.35. The number of aromatic amines is 1. The molecule has 4 heterocycles.